The average molecular weight is 869 g/mol. The molecule has 0 radical (unpaired) electrons. The molecule has 330 valence electrons. The van der Waals surface area contributed by atoms with Gasteiger partial charge in [-0.25, -0.2) is 0 Å². The Morgan fingerprint density at radius 1 is 0.313 bits per heavy atom. The highest BCUT2D eigenvalue weighted by atomic mass is 15.2. The SMILES string of the molecule is CCC1(N(c2ccccc2)c2ccc3c(c2)C(C)(C)c2ccccc2-3)Cc2cc3c(cc21)C(C)(C)c1cc2c(cc1-3)CC2(CC)N(c1ccccc1)c1ccc2c(c1)C(C)(C)c1ccccc1-2. The first-order valence-corrected chi connectivity index (χ1v) is 24.9. The van der Waals surface area contributed by atoms with E-state index in [0.717, 1.165) is 25.7 Å². The number of hydrogen-bond acceptors (Lipinski definition) is 2. The van der Waals surface area contributed by atoms with Crippen LogP contribution in [0.4, 0.5) is 22.7 Å². The van der Waals surface area contributed by atoms with Gasteiger partial charge >= 0.3 is 0 Å². The summed E-state index contributed by atoms with van der Waals surface area (Å²) < 4.78 is 0. The molecule has 5 aliphatic rings. The van der Waals surface area contributed by atoms with Gasteiger partial charge in [0.05, 0.1) is 11.1 Å². The maximum Gasteiger partial charge on any atom is 0.0743 e. The second kappa shape index (κ2) is 13.7. The first-order valence-electron chi connectivity index (χ1n) is 24.9. The Kier molecular flexibility index (Phi) is 8.32. The van der Waals surface area contributed by atoms with Gasteiger partial charge in [0.25, 0.3) is 0 Å². The largest absolute Gasteiger partial charge is 0.331 e. The first kappa shape index (κ1) is 40.6. The number of hydrogen-bond donors (Lipinski definition) is 0. The smallest absolute Gasteiger partial charge is 0.0743 e. The lowest BCUT2D eigenvalue weighted by Gasteiger charge is -2.53. The molecule has 0 saturated carbocycles. The molecule has 2 unspecified atom stereocenters. The fraction of sp³-hybridized carbons (Fsp3) is 0.262. The van der Waals surface area contributed by atoms with E-state index in [2.05, 4.69) is 235 Å². The highest BCUT2D eigenvalue weighted by molar-refractivity contribution is 5.88. The summed E-state index contributed by atoms with van der Waals surface area (Å²) in [7, 11) is 0. The van der Waals surface area contributed by atoms with Crippen molar-refractivity contribution < 1.29 is 0 Å². The third-order valence-corrected chi connectivity index (χ3v) is 17.8. The second-order valence-electron chi connectivity index (χ2n) is 22.0. The molecule has 0 aliphatic heterocycles. The maximum absolute atomic E-state index is 2.70. The molecule has 0 bridgehead atoms. The molecule has 8 aromatic carbocycles. The molecule has 0 heterocycles. The molecular weight excluding hydrogens is 809 g/mol. The summed E-state index contributed by atoms with van der Waals surface area (Å²) in [5, 5.41) is 0. The minimum Gasteiger partial charge on any atom is -0.331 e. The van der Waals surface area contributed by atoms with Crippen molar-refractivity contribution in [2.24, 2.45) is 0 Å². The zero-order chi connectivity index (χ0) is 45.8. The normalized spacial score (nSPS) is 20.7. The van der Waals surface area contributed by atoms with E-state index < -0.39 is 0 Å². The number of anilines is 4. The molecule has 2 atom stereocenters. The summed E-state index contributed by atoms with van der Waals surface area (Å²) in [6.45, 7) is 19.4. The fourth-order valence-corrected chi connectivity index (χ4v) is 14.1. The summed E-state index contributed by atoms with van der Waals surface area (Å²) in [4.78, 5) is 5.40. The average Bonchev–Trinajstić information content (AvgIpc) is 3.80. The van der Waals surface area contributed by atoms with Crippen LogP contribution in [-0.4, -0.2) is 0 Å². The van der Waals surface area contributed by atoms with Gasteiger partial charge in [-0.1, -0.05) is 177 Å². The van der Waals surface area contributed by atoms with E-state index in [1.807, 2.05) is 0 Å². The summed E-state index contributed by atoms with van der Waals surface area (Å²) in [6.07, 6.45) is 4.04. The zero-order valence-electron chi connectivity index (χ0n) is 40.4. The van der Waals surface area contributed by atoms with Crippen LogP contribution in [-0.2, 0) is 40.2 Å². The molecule has 13 rings (SSSR count). The monoisotopic (exact) mass is 868 g/mol. The van der Waals surface area contributed by atoms with Crippen LogP contribution in [0.25, 0.3) is 33.4 Å². The summed E-state index contributed by atoms with van der Waals surface area (Å²) in [5.74, 6) is 0. The second-order valence-corrected chi connectivity index (χ2v) is 22.0. The van der Waals surface area contributed by atoms with Crippen LogP contribution in [0.1, 0.15) is 124 Å². The molecule has 0 amide bonds. The standard InChI is InChI=1S/C65H60N2/c1-9-64(66(43-21-13-11-14-22-43)45-29-31-49-47-25-17-19-27-53(47)61(3,4)57(49)35-45)39-41-33-51-52-34-42-40-65(10-2,56(42)38-60(52)63(7,8)59(51)37-55(41)64)67(44-23-15-12-16-24-44)46-30-32-50-48-26-18-20-28-54(48)62(5,6)58(50)36-46/h11-38H,9-10,39-40H2,1-8H3. The van der Waals surface area contributed by atoms with Crippen molar-refractivity contribution in [1.29, 1.82) is 0 Å². The van der Waals surface area contributed by atoms with Crippen LogP contribution < -0.4 is 9.80 Å². The number of para-hydroxylation sites is 2. The number of benzene rings is 8. The van der Waals surface area contributed by atoms with Gasteiger partial charge in [0.2, 0.25) is 0 Å². The lowest BCUT2D eigenvalue weighted by molar-refractivity contribution is 0.361. The Labute approximate surface area is 398 Å². The fourth-order valence-electron chi connectivity index (χ4n) is 14.1. The highest BCUT2D eigenvalue weighted by Gasteiger charge is 2.53. The van der Waals surface area contributed by atoms with Crippen molar-refractivity contribution >= 4 is 22.7 Å². The van der Waals surface area contributed by atoms with Crippen molar-refractivity contribution in [3.63, 3.8) is 0 Å². The van der Waals surface area contributed by atoms with Gasteiger partial charge in [0.1, 0.15) is 0 Å². The molecule has 0 N–H and O–H groups in total. The van der Waals surface area contributed by atoms with E-state index in [1.165, 1.54) is 112 Å². The predicted octanol–water partition coefficient (Wildman–Crippen LogP) is 16.6. The third kappa shape index (κ3) is 5.22. The van der Waals surface area contributed by atoms with Crippen LogP contribution in [0.5, 0.6) is 0 Å². The van der Waals surface area contributed by atoms with E-state index in [4.69, 9.17) is 0 Å². The zero-order valence-corrected chi connectivity index (χ0v) is 40.4. The maximum atomic E-state index is 2.70. The Bertz CT molecular complexity index is 3150. The van der Waals surface area contributed by atoms with Crippen molar-refractivity contribution in [1.82, 2.24) is 0 Å². The summed E-state index contributed by atoms with van der Waals surface area (Å²) in [5.41, 5.74) is 27.3. The van der Waals surface area contributed by atoms with Crippen LogP contribution in [0.15, 0.2) is 170 Å². The summed E-state index contributed by atoms with van der Waals surface area (Å²) in [6, 6.07) is 65.5. The molecule has 67 heavy (non-hydrogen) atoms. The van der Waals surface area contributed by atoms with Gasteiger partial charge in [0.15, 0.2) is 0 Å². The van der Waals surface area contributed by atoms with Crippen molar-refractivity contribution in [2.45, 2.75) is 108 Å². The Morgan fingerprint density at radius 2 is 0.657 bits per heavy atom. The van der Waals surface area contributed by atoms with E-state index >= 15 is 0 Å². The predicted molar refractivity (Wildman–Crippen MR) is 281 cm³/mol. The molecule has 5 aliphatic carbocycles. The van der Waals surface area contributed by atoms with Crippen molar-refractivity contribution in [2.75, 3.05) is 9.80 Å². The van der Waals surface area contributed by atoms with Crippen LogP contribution in [0.3, 0.4) is 0 Å². The van der Waals surface area contributed by atoms with Gasteiger partial charge in [0, 0.05) is 51.8 Å². The molecule has 0 saturated heterocycles. The molecule has 2 nitrogen and oxygen atoms in total. The van der Waals surface area contributed by atoms with Crippen LogP contribution in [0.2, 0.25) is 0 Å². The lowest BCUT2D eigenvalue weighted by atomic mass is 9.65. The van der Waals surface area contributed by atoms with Crippen molar-refractivity contribution in [3.8, 4) is 33.4 Å². The Morgan fingerprint density at radius 3 is 1.06 bits per heavy atom. The quantitative estimate of drug-likeness (QED) is 0.150. The third-order valence-electron chi connectivity index (χ3n) is 17.8. The first-order chi connectivity index (χ1) is 32.3. The molecular formula is C65H60N2. The van der Waals surface area contributed by atoms with Gasteiger partial charge in [-0.05, 0) is 150 Å². The van der Waals surface area contributed by atoms with Gasteiger partial charge in [-0.15, -0.1) is 0 Å². The number of fused-ring (bicyclic) bond motifs is 11. The Balaban J connectivity index is 0.910. The minimum absolute atomic E-state index is 0.0721. The number of nitrogens with zero attached hydrogens (tertiary/aromatic N) is 2. The molecule has 2 heteroatoms. The van der Waals surface area contributed by atoms with E-state index in [-0.39, 0.29) is 27.3 Å². The molecule has 8 aromatic rings. The Hall–Kier alpha value is -6.64. The van der Waals surface area contributed by atoms with E-state index in [1.54, 1.807) is 0 Å². The van der Waals surface area contributed by atoms with Gasteiger partial charge in [-0.2, -0.15) is 0 Å². The van der Waals surface area contributed by atoms with Crippen LogP contribution >= 0.6 is 0 Å². The minimum atomic E-state index is -0.177. The molecule has 0 fully saturated rings. The number of rotatable bonds is 8. The van der Waals surface area contributed by atoms with E-state index in [0.29, 0.717) is 0 Å². The van der Waals surface area contributed by atoms with E-state index in [9.17, 15) is 0 Å². The van der Waals surface area contributed by atoms with Gasteiger partial charge < -0.3 is 9.80 Å². The molecule has 0 aromatic heterocycles. The van der Waals surface area contributed by atoms with Gasteiger partial charge in [-0.3, -0.25) is 0 Å². The lowest BCUT2D eigenvalue weighted by Crippen LogP contribution is -2.52. The van der Waals surface area contributed by atoms with Crippen LogP contribution in [0, 0.1) is 0 Å². The summed E-state index contributed by atoms with van der Waals surface area (Å²) >= 11 is 0. The van der Waals surface area contributed by atoms with Crippen molar-refractivity contribution in [3.05, 3.63) is 225 Å². The molecule has 0 spiro atoms. The highest BCUT2D eigenvalue weighted by Crippen LogP contribution is 2.61. The topological polar surface area (TPSA) is 6.48 Å².